The van der Waals surface area contributed by atoms with E-state index < -0.39 is 10.0 Å². The second-order valence-electron chi connectivity index (χ2n) is 8.66. The molecular weight excluding hydrogens is 454 g/mol. The molecule has 3 aromatic rings. The molecule has 1 aliphatic rings. The monoisotopic (exact) mass is 483 g/mol. The second kappa shape index (κ2) is 9.83. The van der Waals surface area contributed by atoms with Gasteiger partial charge in [0.1, 0.15) is 0 Å². The fourth-order valence-corrected chi connectivity index (χ4v) is 6.36. The molecule has 33 heavy (non-hydrogen) atoms. The summed E-state index contributed by atoms with van der Waals surface area (Å²) in [5.41, 5.74) is 2.41. The van der Waals surface area contributed by atoms with E-state index in [1.54, 1.807) is 22.5 Å². The Balaban J connectivity index is 1.52. The van der Waals surface area contributed by atoms with Crippen molar-refractivity contribution in [2.75, 3.05) is 18.4 Å². The summed E-state index contributed by atoms with van der Waals surface area (Å²) in [5, 5.41) is 4.12. The van der Waals surface area contributed by atoms with Gasteiger partial charge < -0.3 is 5.32 Å². The normalized spacial score (nSPS) is 16.6. The van der Waals surface area contributed by atoms with Crippen molar-refractivity contribution < 1.29 is 13.2 Å². The minimum Gasteiger partial charge on any atom is -0.325 e. The highest BCUT2D eigenvalue weighted by atomic mass is 32.2. The van der Waals surface area contributed by atoms with E-state index in [2.05, 4.69) is 17.2 Å². The van der Waals surface area contributed by atoms with Gasteiger partial charge in [-0.05, 0) is 74.6 Å². The summed E-state index contributed by atoms with van der Waals surface area (Å²) < 4.78 is 27.9. The first-order valence-corrected chi connectivity index (χ1v) is 13.5. The van der Waals surface area contributed by atoms with E-state index in [4.69, 9.17) is 0 Å². The van der Waals surface area contributed by atoms with Gasteiger partial charge in [-0.25, -0.2) is 13.4 Å². The molecule has 0 unspecified atom stereocenters. The van der Waals surface area contributed by atoms with Crippen LogP contribution >= 0.6 is 11.8 Å². The summed E-state index contributed by atoms with van der Waals surface area (Å²) in [6.45, 7) is 7.09. The number of carbonyl (C=O) groups excluding carboxylic acids is 1. The van der Waals surface area contributed by atoms with Crippen LogP contribution < -0.4 is 5.32 Å². The lowest BCUT2D eigenvalue weighted by Gasteiger charge is -2.29. The van der Waals surface area contributed by atoms with E-state index in [1.807, 2.05) is 50.2 Å². The van der Waals surface area contributed by atoms with Gasteiger partial charge in [-0.3, -0.25) is 4.79 Å². The zero-order valence-electron chi connectivity index (χ0n) is 19.1. The number of aryl methyl sites for hydroxylation is 1. The van der Waals surface area contributed by atoms with Gasteiger partial charge in [-0.2, -0.15) is 4.31 Å². The number of carbonyl (C=O) groups is 1. The van der Waals surface area contributed by atoms with Crippen molar-refractivity contribution in [2.24, 2.45) is 5.92 Å². The highest BCUT2D eigenvalue weighted by molar-refractivity contribution is 8.00. The second-order valence-corrected chi connectivity index (χ2v) is 12.0. The number of benzene rings is 2. The average Bonchev–Trinajstić information content (AvgIpc) is 2.79. The van der Waals surface area contributed by atoms with Crippen molar-refractivity contribution in [3.63, 3.8) is 0 Å². The molecule has 174 valence electrons. The van der Waals surface area contributed by atoms with Crippen molar-refractivity contribution in [1.29, 1.82) is 0 Å². The van der Waals surface area contributed by atoms with Crippen LogP contribution in [0.4, 0.5) is 5.69 Å². The van der Waals surface area contributed by atoms with Crippen LogP contribution in [0.15, 0.2) is 64.5 Å². The molecule has 6 nitrogen and oxygen atoms in total. The van der Waals surface area contributed by atoms with Crippen molar-refractivity contribution in [3.8, 4) is 0 Å². The Labute approximate surface area is 199 Å². The molecule has 1 N–H and O–H groups in total. The van der Waals surface area contributed by atoms with Crippen LogP contribution in [0.2, 0.25) is 0 Å². The van der Waals surface area contributed by atoms with E-state index in [1.165, 1.54) is 11.8 Å². The molecule has 0 aliphatic carbocycles. The molecule has 2 aromatic carbocycles. The summed E-state index contributed by atoms with van der Waals surface area (Å²) in [6, 6.07) is 16.4. The number of nitrogens with zero attached hydrogens (tertiary/aromatic N) is 2. The minimum atomic E-state index is -3.52. The Morgan fingerprint density at radius 2 is 1.82 bits per heavy atom. The first kappa shape index (κ1) is 23.7. The molecule has 0 bridgehead atoms. The van der Waals surface area contributed by atoms with Crippen LogP contribution in [0.25, 0.3) is 10.9 Å². The predicted octanol–water partition coefficient (Wildman–Crippen LogP) is 5.08. The number of anilines is 1. The lowest BCUT2D eigenvalue weighted by Crippen LogP contribution is -2.37. The number of hydrogen-bond acceptors (Lipinski definition) is 5. The minimum absolute atomic E-state index is 0.0944. The zero-order chi connectivity index (χ0) is 23.6. The van der Waals surface area contributed by atoms with Crippen molar-refractivity contribution in [3.05, 3.63) is 60.2 Å². The smallest absolute Gasteiger partial charge is 0.243 e. The maximum Gasteiger partial charge on any atom is 0.243 e. The van der Waals surface area contributed by atoms with Crippen molar-refractivity contribution in [2.45, 2.75) is 48.8 Å². The number of piperidine rings is 1. The Morgan fingerprint density at radius 1 is 1.12 bits per heavy atom. The lowest BCUT2D eigenvalue weighted by molar-refractivity contribution is -0.115. The van der Waals surface area contributed by atoms with Gasteiger partial charge in [0.05, 0.1) is 20.7 Å². The number of thioether (sulfide) groups is 1. The van der Waals surface area contributed by atoms with Gasteiger partial charge in [-0.15, -0.1) is 0 Å². The molecular formula is C25H29N3O3S2. The maximum absolute atomic E-state index is 13.1. The number of para-hydroxylation sites is 1. The Kier molecular flexibility index (Phi) is 7.07. The summed E-state index contributed by atoms with van der Waals surface area (Å²) in [7, 11) is -3.52. The van der Waals surface area contributed by atoms with Crippen LogP contribution in [-0.2, 0) is 14.8 Å². The number of sulfonamides is 1. The van der Waals surface area contributed by atoms with Gasteiger partial charge in [0.15, 0.2) is 0 Å². The highest BCUT2D eigenvalue weighted by Crippen LogP contribution is 2.30. The third-order valence-electron chi connectivity index (χ3n) is 6.05. The van der Waals surface area contributed by atoms with Gasteiger partial charge in [0.2, 0.25) is 15.9 Å². The quantitative estimate of drug-likeness (QED) is 0.495. The number of rotatable bonds is 6. The molecule has 0 saturated carbocycles. The van der Waals surface area contributed by atoms with Gasteiger partial charge >= 0.3 is 0 Å². The fourth-order valence-electron chi connectivity index (χ4n) is 3.94. The average molecular weight is 484 g/mol. The number of nitrogens with one attached hydrogen (secondary N) is 1. The molecule has 0 radical (unpaired) electrons. The van der Waals surface area contributed by atoms with Crippen LogP contribution in [-0.4, -0.2) is 42.0 Å². The SMILES string of the molecule is Cc1cc(S[C@@H](C)C(=O)Nc2ccccc2)nc2ccc(S(=O)(=O)N3CCC(C)CC3)cc12. The first-order chi connectivity index (χ1) is 15.7. The molecule has 4 rings (SSSR count). The Morgan fingerprint density at radius 3 is 2.52 bits per heavy atom. The third-order valence-corrected chi connectivity index (χ3v) is 8.96. The standard InChI is InChI=1S/C25H29N3O3S2/c1-17-11-13-28(14-12-17)33(30,31)21-9-10-23-22(16-21)18(2)15-24(27-23)32-19(3)25(29)26-20-7-5-4-6-8-20/h4-10,15-17,19H,11-14H2,1-3H3,(H,26,29)/t19-/m0/s1. The number of aromatic nitrogens is 1. The highest BCUT2D eigenvalue weighted by Gasteiger charge is 2.28. The van der Waals surface area contributed by atoms with Gasteiger partial charge in [0, 0.05) is 24.2 Å². The van der Waals surface area contributed by atoms with Gasteiger partial charge in [-0.1, -0.05) is 36.9 Å². The van der Waals surface area contributed by atoms with Crippen LogP contribution in [0.3, 0.4) is 0 Å². The number of fused-ring (bicyclic) bond motifs is 1. The topological polar surface area (TPSA) is 79.4 Å². The number of amides is 1. The summed E-state index contributed by atoms with van der Waals surface area (Å²) >= 11 is 1.38. The molecule has 8 heteroatoms. The molecule has 1 saturated heterocycles. The summed E-state index contributed by atoms with van der Waals surface area (Å²) in [6.07, 6.45) is 1.79. The Hall–Kier alpha value is -2.42. The number of hydrogen-bond donors (Lipinski definition) is 1. The molecule has 1 amide bonds. The molecule has 1 atom stereocenters. The molecule has 1 aromatic heterocycles. The molecule has 0 spiro atoms. The van der Waals surface area contributed by atoms with E-state index in [9.17, 15) is 13.2 Å². The Bertz CT molecular complexity index is 1250. The molecule has 1 fully saturated rings. The van der Waals surface area contributed by atoms with Gasteiger partial charge in [0.25, 0.3) is 0 Å². The van der Waals surface area contributed by atoms with Crippen molar-refractivity contribution in [1.82, 2.24) is 9.29 Å². The van der Waals surface area contributed by atoms with E-state index in [0.29, 0.717) is 23.9 Å². The van der Waals surface area contributed by atoms with Crippen LogP contribution in [0, 0.1) is 12.8 Å². The lowest BCUT2D eigenvalue weighted by atomic mass is 10.0. The molecule has 1 aliphatic heterocycles. The van der Waals surface area contributed by atoms with E-state index >= 15 is 0 Å². The number of pyridine rings is 1. The third kappa shape index (κ3) is 5.39. The van der Waals surface area contributed by atoms with E-state index in [-0.39, 0.29) is 11.2 Å². The summed E-state index contributed by atoms with van der Waals surface area (Å²) in [4.78, 5) is 17.6. The largest absolute Gasteiger partial charge is 0.325 e. The van der Waals surface area contributed by atoms with E-state index in [0.717, 1.165) is 40.0 Å². The maximum atomic E-state index is 13.1. The predicted molar refractivity (Wildman–Crippen MR) is 134 cm³/mol. The van der Waals surface area contributed by atoms with Crippen LogP contribution in [0.5, 0.6) is 0 Å². The fraction of sp³-hybridized carbons (Fsp3) is 0.360. The van der Waals surface area contributed by atoms with Crippen molar-refractivity contribution >= 4 is 44.3 Å². The van der Waals surface area contributed by atoms with Crippen LogP contribution in [0.1, 0.15) is 32.3 Å². The summed E-state index contributed by atoms with van der Waals surface area (Å²) in [5.74, 6) is 0.468. The molecule has 2 heterocycles. The first-order valence-electron chi connectivity index (χ1n) is 11.2. The zero-order valence-corrected chi connectivity index (χ0v) is 20.7.